The average Bonchev–Trinajstić information content (AvgIpc) is 3.14. The molecule has 8 nitrogen and oxygen atoms in total. The molecule has 0 N–H and O–H groups in total. The van der Waals surface area contributed by atoms with Gasteiger partial charge in [-0.1, -0.05) is 147 Å². The third kappa shape index (κ3) is 37.2. The first-order valence-corrected chi connectivity index (χ1v) is 22.9. The second kappa shape index (κ2) is 38.7. The van der Waals surface area contributed by atoms with Crippen LogP contribution in [-0.2, 0) is 28.6 Å². The number of ether oxygens (including phenoxy) is 3. The van der Waals surface area contributed by atoms with Gasteiger partial charge in [0.25, 0.3) is 0 Å². The molecule has 0 aliphatic carbocycles. The Morgan fingerprint density at radius 2 is 0.909 bits per heavy atom. The maximum Gasteiger partial charge on any atom is 0.306 e. The van der Waals surface area contributed by atoms with Crippen molar-refractivity contribution >= 4 is 17.9 Å². The fraction of sp³-hybridized carbons (Fsp3) is 0.851. The Hall–Kier alpha value is -2.19. The summed E-state index contributed by atoms with van der Waals surface area (Å²) in [4.78, 5) is 36.8. The molecule has 0 saturated heterocycles. The van der Waals surface area contributed by atoms with Crippen LogP contribution in [0.1, 0.15) is 206 Å². The van der Waals surface area contributed by atoms with Crippen LogP contribution in [0.5, 0.6) is 0 Å². The molecule has 0 aromatic carbocycles. The predicted octanol–water partition coefficient (Wildman–Crippen LogP) is 11.1. The number of rotatable bonds is 41. The molecule has 322 valence electrons. The van der Waals surface area contributed by atoms with Crippen LogP contribution < -0.4 is 5.11 Å². The van der Waals surface area contributed by atoms with Crippen molar-refractivity contribution in [3.63, 3.8) is 0 Å². The molecule has 2 unspecified atom stereocenters. The third-order valence-electron chi connectivity index (χ3n) is 10.3. The van der Waals surface area contributed by atoms with E-state index >= 15 is 0 Å². The minimum atomic E-state index is -1.13. The van der Waals surface area contributed by atoms with Gasteiger partial charge in [0.15, 0.2) is 6.10 Å². The van der Waals surface area contributed by atoms with Crippen LogP contribution in [0, 0.1) is 0 Å². The van der Waals surface area contributed by atoms with E-state index in [0.717, 1.165) is 51.4 Å². The summed E-state index contributed by atoms with van der Waals surface area (Å²) >= 11 is 0. The van der Waals surface area contributed by atoms with Gasteiger partial charge in [-0.2, -0.15) is 0 Å². The molecular weight excluding hydrogens is 691 g/mol. The predicted molar refractivity (Wildman–Crippen MR) is 227 cm³/mol. The van der Waals surface area contributed by atoms with E-state index < -0.39 is 18.1 Å². The number of allylic oxidation sites excluding steroid dienone is 4. The third-order valence-corrected chi connectivity index (χ3v) is 10.3. The second-order valence-corrected chi connectivity index (χ2v) is 16.6. The van der Waals surface area contributed by atoms with Gasteiger partial charge in [0.05, 0.1) is 40.3 Å². The van der Waals surface area contributed by atoms with Gasteiger partial charge in [-0.15, -0.1) is 0 Å². The lowest BCUT2D eigenvalue weighted by Crippen LogP contribution is -2.55. The maximum atomic E-state index is 12.7. The summed E-state index contributed by atoms with van der Waals surface area (Å²) < 4.78 is 17.2. The van der Waals surface area contributed by atoms with Crippen LogP contribution >= 0.6 is 0 Å². The molecule has 0 amide bonds. The fourth-order valence-corrected chi connectivity index (χ4v) is 6.71. The highest BCUT2D eigenvalue weighted by atomic mass is 16.6. The minimum absolute atomic E-state index is 0.0361. The lowest BCUT2D eigenvalue weighted by molar-refractivity contribution is -0.889. The fourth-order valence-electron chi connectivity index (χ4n) is 6.71. The van der Waals surface area contributed by atoms with E-state index in [1.54, 1.807) is 21.1 Å². The first kappa shape index (κ1) is 52.8. The number of carboxylic acid groups (broad SMARTS) is 1. The van der Waals surface area contributed by atoms with Gasteiger partial charge in [-0.3, -0.25) is 9.59 Å². The standard InChI is InChI=1S/C47H87NO7/c1-6-8-10-12-14-16-18-20-22-23-24-26-27-29-31-33-35-37-45(49)54-42-43(41-53-40-39-44(47(51)52)48(3,4)5)55-46(50)38-36-34-32-30-28-25-21-19-17-15-13-11-9-7-2/h20,22,25,28,43-44H,6-19,21,23-24,26-27,29-42H2,1-5H3/b22-20+,28-25+. The van der Waals surface area contributed by atoms with Crippen molar-refractivity contribution in [3.8, 4) is 0 Å². The largest absolute Gasteiger partial charge is 0.544 e. The smallest absolute Gasteiger partial charge is 0.306 e. The van der Waals surface area contributed by atoms with Crippen LogP contribution in [0.3, 0.4) is 0 Å². The molecule has 55 heavy (non-hydrogen) atoms. The molecule has 2 atom stereocenters. The number of carboxylic acids is 1. The van der Waals surface area contributed by atoms with Crippen LogP contribution in [-0.4, -0.2) is 75.5 Å². The number of carbonyl (C=O) groups excluding carboxylic acids is 3. The number of unbranched alkanes of at least 4 members (excludes halogenated alkanes) is 23. The van der Waals surface area contributed by atoms with Crippen LogP contribution in [0.25, 0.3) is 0 Å². The summed E-state index contributed by atoms with van der Waals surface area (Å²) in [6.07, 6.45) is 42.0. The summed E-state index contributed by atoms with van der Waals surface area (Å²) in [5, 5.41) is 11.6. The number of hydrogen-bond acceptors (Lipinski definition) is 7. The number of esters is 2. The van der Waals surface area contributed by atoms with E-state index in [-0.39, 0.29) is 42.7 Å². The highest BCUT2D eigenvalue weighted by molar-refractivity contribution is 5.70. The van der Waals surface area contributed by atoms with E-state index in [1.165, 1.54) is 122 Å². The van der Waals surface area contributed by atoms with Crippen LogP contribution in [0.15, 0.2) is 24.3 Å². The van der Waals surface area contributed by atoms with E-state index in [0.29, 0.717) is 12.8 Å². The SMILES string of the molecule is CCCCCCCC/C=C/CCCCCCCCCC(=O)OCC(COCCC(C(=O)[O-])[N+](C)(C)C)OC(=O)CCCCC/C=C/CCCCCCCCC. The van der Waals surface area contributed by atoms with Gasteiger partial charge in [-0.05, 0) is 64.2 Å². The lowest BCUT2D eigenvalue weighted by atomic mass is 10.1. The Balaban J connectivity index is 4.33. The summed E-state index contributed by atoms with van der Waals surface area (Å²) in [7, 11) is 5.40. The summed E-state index contributed by atoms with van der Waals surface area (Å²) in [6, 6.07) is -0.726. The molecule has 0 aromatic rings. The van der Waals surface area contributed by atoms with Gasteiger partial charge < -0.3 is 28.6 Å². The number of carbonyl (C=O) groups is 3. The number of hydrogen-bond donors (Lipinski definition) is 0. The Labute approximate surface area is 339 Å². The lowest BCUT2D eigenvalue weighted by Gasteiger charge is -2.34. The van der Waals surface area contributed by atoms with Gasteiger partial charge in [-0.25, -0.2) is 0 Å². The number of likely N-dealkylation sites (N-methyl/N-ethyl adjacent to an activating group) is 1. The van der Waals surface area contributed by atoms with Crippen LogP contribution in [0.2, 0.25) is 0 Å². The zero-order valence-electron chi connectivity index (χ0n) is 36.6. The maximum absolute atomic E-state index is 12.7. The van der Waals surface area contributed by atoms with Gasteiger partial charge in [0.1, 0.15) is 12.6 Å². The molecule has 0 heterocycles. The topological polar surface area (TPSA) is 102 Å². The first-order chi connectivity index (χ1) is 26.6. The van der Waals surface area contributed by atoms with Gasteiger partial charge >= 0.3 is 11.9 Å². The Bertz CT molecular complexity index is 957. The summed E-state index contributed by atoms with van der Waals surface area (Å²) in [5.41, 5.74) is 0. The highest BCUT2D eigenvalue weighted by Gasteiger charge is 2.25. The summed E-state index contributed by atoms with van der Waals surface area (Å²) in [5.74, 6) is -1.75. The van der Waals surface area contributed by atoms with Gasteiger partial charge in [0.2, 0.25) is 0 Å². The van der Waals surface area contributed by atoms with Crippen molar-refractivity contribution in [3.05, 3.63) is 24.3 Å². The molecule has 8 heteroatoms. The average molecular weight is 778 g/mol. The number of quaternary nitrogens is 1. The molecule has 0 saturated carbocycles. The second-order valence-electron chi connectivity index (χ2n) is 16.6. The highest BCUT2D eigenvalue weighted by Crippen LogP contribution is 2.14. The van der Waals surface area contributed by atoms with Crippen molar-refractivity contribution < 1.29 is 38.2 Å². The van der Waals surface area contributed by atoms with Crippen molar-refractivity contribution in [2.24, 2.45) is 0 Å². The molecule has 0 bridgehead atoms. The molecule has 0 aromatic heterocycles. The normalized spacial score (nSPS) is 13.1. The molecule has 0 aliphatic heterocycles. The van der Waals surface area contributed by atoms with Crippen molar-refractivity contribution in [2.75, 3.05) is 41.0 Å². The zero-order chi connectivity index (χ0) is 40.7. The molecule has 0 rings (SSSR count). The van der Waals surface area contributed by atoms with E-state index in [2.05, 4.69) is 38.2 Å². The van der Waals surface area contributed by atoms with Crippen molar-refractivity contribution in [2.45, 2.75) is 219 Å². The molecule has 0 fully saturated rings. The first-order valence-electron chi connectivity index (χ1n) is 22.9. The van der Waals surface area contributed by atoms with Crippen molar-refractivity contribution in [1.29, 1.82) is 0 Å². The molecule has 0 radical (unpaired) electrons. The van der Waals surface area contributed by atoms with E-state index in [4.69, 9.17) is 14.2 Å². The monoisotopic (exact) mass is 778 g/mol. The van der Waals surface area contributed by atoms with E-state index in [9.17, 15) is 19.5 Å². The number of aliphatic carboxylic acids is 1. The summed E-state index contributed by atoms with van der Waals surface area (Å²) in [6.45, 7) is 4.65. The molecule has 0 aliphatic rings. The Morgan fingerprint density at radius 1 is 0.527 bits per heavy atom. The number of nitrogens with zero attached hydrogens (tertiary/aromatic N) is 1. The Morgan fingerprint density at radius 3 is 1.33 bits per heavy atom. The molecule has 0 spiro atoms. The van der Waals surface area contributed by atoms with Crippen molar-refractivity contribution in [1.82, 2.24) is 0 Å². The van der Waals surface area contributed by atoms with Gasteiger partial charge in [0, 0.05) is 19.3 Å². The van der Waals surface area contributed by atoms with E-state index in [1.807, 2.05) is 0 Å². The van der Waals surface area contributed by atoms with Crippen LogP contribution in [0.4, 0.5) is 0 Å². The quantitative estimate of drug-likeness (QED) is 0.0264. The Kier molecular flexibility index (Phi) is 37.1. The minimum Gasteiger partial charge on any atom is -0.544 e. The zero-order valence-corrected chi connectivity index (χ0v) is 36.6. The molecular formula is C47H87NO7.